The Bertz CT molecular complexity index is 332. The van der Waals surface area contributed by atoms with Crippen LogP contribution in [0.15, 0.2) is 22.9 Å². The molecule has 2 atom stereocenters. The molecule has 82 valence electrons. The third-order valence-corrected chi connectivity index (χ3v) is 4.52. The Morgan fingerprint density at radius 1 is 1.53 bits per heavy atom. The number of aromatic nitrogens is 1. The van der Waals surface area contributed by atoms with E-state index in [9.17, 15) is 0 Å². The summed E-state index contributed by atoms with van der Waals surface area (Å²) in [5, 5.41) is 3.40. The molecule has 2 heterocycles. The van der Waals surface area contributed by atoms with Crippen LogP contribution >= 0.6 is 27.7 Å². The van der Waals surface area contributed by atoms with Gasteiger partial charge in [0.05, 0.1) is 0 Å². The summed E-state index contributed by atoms with van der Waals surface area (Å²) in [6.07, 6.45) is 4.94. The Balaban J connectivity index is 2.02. The van der Waals surface area contributed by atoms with E-state index < -0.39 is 0 Å². The first kappa shape index (κ1) is 11.4. The summed E-state index contributed by atoms with van der Waals surface area (Å²) < 4.78 is 1.08. The van der Waals surface area contributed by atoms with Crippen molar-refractivity contribution in [3.05, 3.63) is 28.5 Å². The second-order valence-electron chi connectivity index (χ2n) is 3.91. The molecule has 1 fully saturated rings. The molecule has 15 heavy (non-hydrogen) atoms. The van der Waals surface area contributed by atoms with Crippen LogP contribution in [0.25, 0.3) is 0 Å². The van der Waals surface area contributed by atoms with Crippen molar-refractivity contribution in [3.8, 4) is 0 Å². The van der Waals surface area contributed by atoms with Gasteiger partial charge in [-0.3, -0.25) is 4.98 Å². The lowest BCUT2D eigenvalue weighted by molar-refractivity contribution is 0.453. The number of hydrogen-bond donors (Lipinski definition) is 1. The van der Waals surface area contributed by atoms with Gasteiger partial charge in [0.2, 0.25) is 0 Å². The fraction of sp³-hybridized carbons (Fsp3) is 0.545. The maximum Gasteiger partial charge on any atom is 0.0410 e. The maximum absolute atomic E-state index is 4.20. The number of thioether (sulfide) groups is 1. The Labute approximate surface area is 103 Å². The van der Waals surface area contributed by atoms with Crippen LogP contribution in [0.1, 0.15) is 5.56 Å². The van der Waals surface area contributed by atoms with Crippen molar-refractivity contribution >= 4 is 27.7 Å². The molecule has 1 N–H and O–H groups in total. The smallest absolute Gasteiger partial charge is 0.0410 e. The zero-order valence-electron chi connectivity index (χ0n) is 8.74. The zero-order chi connectivity index (χ0) is 10.7. The van der Waals surface area contributed by atoms with Crippen LogP contribution in [0.5, 0.6) is 0 Å². The first-order valence-corrected chi connectivity index (χ1v) is 7.09. The summed E-state index contributed by atoms with van der Waals surface area (Å²) in [4.78, 5) is 4.20. The van der Waals surface area contributed by atoms with Crippen LogP contribution < -0.4 is 5.32 Å². The van der Waals surface area contributed by atoms with Crippen molar-refractivity contribution < 1.29 is 0 Å². The summed E-state index contributed by atoms with van der Waals surface area (Å²) in [5.41, 5.74) is 1.33. The molecule has 1 saturated heterocycles. The molecule has 0 spiro atoms. The highest BCUT2D eigenvalue weighted by Gasteiger charge is 2.26. The third kappa shape index (κ3) is 2.95. The molecular weight excluding hydrogens is 272 g/mol. The van der Waals surface area contributed by atoms with Crippen molar-refractivity contribution in [2.45, 2.75) is 12.5 Å². The predicted molar refractivity (Wildman–Crippen MR) is 69.3 cm³/mol. The van der Waals surface area contributed by atoms with E-state index in [0.29, 0.717) is 6.04 Å². The average molecular weight is 287 g/mol. The predicted octanol–water partition coefficient (Wildman–Crippen LogP) is 2.34. The highest BCUT2D eigenvalue weighted by Crippen LogP contribution is 2.27. The van der Waals surface area contributed by atoms with Gasteiger partial charge in [0.1, 0.15) is 0 Å². The summed E-state index contributed by atoms with van der Waals surface area (Å²) in [5.74, 6) is 3.25. The second-order valence-corrected chi connectivity index (χ2v) is 5.90. The highest BCUT2D eigenvalue weighted by atomic mass is 79.9. The van der Waals surface area contributed by atoms with E-state index in [0.717, 1.165) is 16.8 Å². The summed E-state index contributed by atoms with van der Waals surface area (Å²) >= 11 is 5.50. The number of hydrogen-bond acceptors (Lipinski definition) is 3. The largest absolute Gasteiger partial charge is 0.316 e. The minimum Gasteiger partial charge on any atom is -0.316 e. The molecule has 2 rings (SSSR count). The van der Waals surface area contributed by atoms with Crippen LogP contribution in [0.4, 0.5) is 0 Å². The van der Waals surface area contributed by atoms with E-state index in [4.69, 9.17) is 0 Å². The molecule has 1 aromatic heterocycles. The standard InChI is InChI=1S/C11H15BrN2S/c1-13-11-7-15-6-9(11)2-8-3-10(12)5-14-4-8/h3-5,9,11,13H,2,6-7H2,1H3. The van der Waals surface area contributed by atoms with Gasteiger partial charge in [-0.1, -0.05) is 0 Å². The minimum absolute atomic E-state index is 0.661. The number of nitrogens with one attached hydrogen (secondary N) is 1. The van der Waals surface area contributed by atoms with Gasteiger partial charge in [-0.2, -0.15) is 11.8 Å². The number of rotatable bonds is 3. The summed E-state index contributed by atoms with van der Waals surface area (Å²) in [6.45, 7) is 0. The van der Waals surface area contributed by atoms with Gasteiger partial charge < -0.3 is 5.32 Å². The monoisotopic (exact) mass is 286 g/mol. The molecule has 1 aliphatic rings. The van der Waals surface area contributed by atoms with Crippen molar-refractivity contribution in [1.29, 1.82) is 0 Å². The lowest BCUT2D eigenvalue weighted by atomic mass is 9.96. The van der Waals surface area contributed by atoms with Gasteiger partial charge in [-0.25, -0.2) is 0 Å². The molecular formula is C11H15BrN2S. The molecule has 1 aliphatic heterocycles. The van der Waals surface area contributed by atoms with Crippen molar-refractivity contribution in [2.75, 3.05) is 18.6 Å². The highest BCUT2D eigenvalue weighted by molar-refractivity contribution is 9.10. The van der Waals surface area contributed by atoms with Gasteiger partial charge in [0.25, 0.3) is 0 Å². The number of pyridine rings is 1. The molecule has 0 amide bonds. The van der Waals surface area contributed by atoms with E-state index in [-0.39, 0.29) is 0 Å². The normalized spacial score (nSPS) is 25.7. The SMILES string of the molecule is CNC1CSCC1Cc1cncc(Br)c1. The van der Waals surface area contributed by atoms with Crippen LogP contribution in [-0.2, 0) is 6.42 Å². The first-order valence-electron chi connectivity index (χ1n) is 5.14. The molecule has 0 radical (unpaired) electrons. The van der Waals surface area contributed by atoms with E-state index in [1.807, 2.05) is 24.2 Å². The molecule has 4 heteroatoms. The molecule has 0 aromatic carbocycles. The van der Waals surface area contributed by atoms with Crippen LogP contribution in [-0.4, -0.2) is 29.6 Å². The molecule has 2 nitrogen and oxygen atoms in total. The summed E-state index contributed by atoms with van der Waals surface area (Å²) in [7, 11) is 2.06. The third-order valence-electron chi connectivity index (χ3n) is 2.83. The quantitative estimate of drug-likeness (QED) is 0.923. The van der Waals surface area contributed by atoms with E-state index in [1.165, 1.54) is 17.1 Å². The fourth-order valence-corrected chi connectivity index (χ4v) is 3.88. The average Bonchev–Trinajstić information content (AvgIpc) is 2.65. The second kappa shape index (κ2) is 5.32. The van der Waals surface area contributed by atoms with Crippen molar-refractivity contribution in [2.24, 2.45) is 5.92 Å². The van der Waals surface area contributed by atoms with Gasteiger partial charge in [-0.15, -0.1) is 0 Å². The van der Waals surface area contributed by atoms with Crippen LogP contribution in [0.2, 0.25) is 0 Å². The zero-order valence-corrected chi connectivity index (χ0v) is 11.1. The van der Waals surface area contributed by atoms with Crippen molar-refractivity contribution in [3.63, 3.8) is 0 Å². The molecule has 0 bridgehead atoms. The molecule has 0 saturated carbocycles. The topological polar surface area (TPSA) is 24.9 Å². The molecule has 2 unspecified atom stereocenters. The Morgan fingerprint density at radius 3 is 3.13 bits per heavy atom. The van der Waals surface area contributed by atoms with Crippen LogP contribution in [0.3, 0.4) is 0 Å². The van der Waals surface area contributed by atoms with Crippen molar-refractivity contribution in [1.82, 2.24) is 10.3 Å². The minimum atomic E-state index is 0.661. The number of halogens is 1. The number of nitrogens with zero attached hydrogens (tertiary/aromatic N) is 1. The summed E-state index contributed by atoms with van der Waals surface area (Å²) in [6, 6.07) is 2.83. The fourth-order valence-electron chi connectivity index (χ4n) is 1.99. The first-order chi connectivity index (χ1) is 7.29. The molecule has 0 aliphatic carbocycles. The lowest BCUT2D eigenvalue weighted by Gasteiger charge is -2.17. The molecule has 1 aromatic rings. The van der Waals surface area contributed by atoms with E-state index in [1.54, 1.807) is 0 Å². The van der Waals surface area contributed by atoms with Gasteiger partial charge in [-0.05, 0) is 52.7 Å². The Hall–Kier alpha value is -0.0600. The lowest BCUT2D eigenvalue weighted by Crippen LogP contribution is -2.33. The van der Waals surface area contributed by atoms with E-state index >= 15 is 0 Å². The Morgan fingerprint density at radius 2 is 2.40 bits per heavy atom. The van der Waals surface area contributed by atoms with Gasteiger partial charge >= 0.3 is 0 Å². The van der Waals surface area contributed by atoms with Crippen LogP contribution in [0, 0.1) is 5.92 Å². The Kier molecular flexibility index (Phi) is 4.05. The van der Waals surface area contributed by atoms with Gasteiger partial charge in [0, 0.05) is 28.7 Å². The maximum atomic E-state index is 4.20. The van der Waals surface area contributed by atoms with Gasteiger partial charge in [0.15, 0.2) is 0 Å². The van der Waals surface area contributed by atoms with E-state index in [2.05, 4.69) is 39.3 Å².